The van der Waals surface area contributed by atoms with Crippen LogP contribution in [0.1, 0.15) is 12.8 Å². The average Bonchev–Trinajstić information content (AvgIpc) is 2.96. The maximum absolute atomic E-state index is 12.7. The van der Waals surface area contributed by atoms with Crippen LogP contribution in [-0.4, -0.2) is 41.8 Å². The van der Waals surface area contributed by atoms with Crippen LogP contribution in [0.15, 0.2) is 12.2 Å². The number of halogens is 4. The smallest absolute Gasteiger partial charge is 0.426 e. The van der Waals surface area contributed by atoms with Crippen molar-refractivity contribution in [2.24, 2.45) is 17.8 Å². The van der Waals surface area contributed by atoms with Crippen molar-refractivity contribution in [3.8, 4) is 0 Å². The number of fused-ring (bicyclic) bond motifs is 2. The predicted molar refractivity (Wildman–Crippen MR) is 73.9 cm³/mol. The van der Waals surface area contributed by atoms with Crippen molar-refractivity contribution in [3.05, 3.63) is 12.2 Å². The molecular formula is C12H14BrF3O5S. The summed E-state index contributed by atoms with van der Waals surface area (Å²) < 4.78 is 72.3. The number of ether oxygens (including phenoxy) is 1. The van der Waals surface area contributed by atoms with Gasteiger partial charge in [0.05, 0.1) is 0 Å². The minimum atomic E-state index is -5.08. The molecule has 126 valence electrons. The lowest BCUT2D eigenvalue weighted by Crippen LogP contribution is -2.42. The summed E-state index contributed by atoms with van der Waals surface area (Å²) in [5, 5.41) is 0. The molecule has 2 rings (SSSR count). The Morgan fingerprint density at radius 2 is 2.00 bits per heavy atom. The standard InChI is InChI=1S/C12H14BrF3O5S/c13-10(8-4-6-1-2-7(8)3-6)11(17)21-9(12(14,15)16)5-22(18,19)20/h1-2,6-10H,3-5H2,(H,18,19,20). The fourth-order valence-corrected chi connectivity index (χ4v) is 4.28. The summed E-state index contributed by atoms with van der Waals surface area (Å²) in [5.74, 6) is -2.63. The molecule has 0 aromatic rings. The first-order valence-electron chi connectivity index (χ1n) is 6.52. The molecule has 2 aliphatic carbocycles. The lowest BCUT2D eigenvalue weighted by molar-refractivity contribution is -0.215. The van der Waals surface area contributed by atoms with Crippen molar-refractivity contribution >= 4 is 32.0 Å². The number of carbonyl (C=O) groups excluding carboxylic acids is 1. The van der Waals surface area contributed by atoms with Gasteiger partial charge in [-0.1, -0.05) is 28.1 Å². The average molecular weight is 407 g/mol. The van der Waals surface area contributed by atoms with E-state index in [2.05, 4.69) is 20.7 Å². The SMILES string of the molecule is O=C(OC(CS(=O)(=O)O)C(F)(F)F)C(Br)C1CC2C=CC1C2. The molecular weight excluding hydrogens is 393 g/mol. The van der Waals surface area contributed by atoms with Gasteiger partial charge < -0.3 is 4.74 Å². The highest BCUT2D eigenvalue weighted by molar-refractivity contribution is 9.10. The normalized spacial score (nSPS) is 30.3. The predicted octanol–water partition coefficient (Wildman–Crippen LogP) is 2.32. The molecule has 0 radical (unpaired) electrons. The van der Waals surface area contributed by atoms with Gasteiger partial charge in [-0.2, -0.15) is 21.6 Å². The van der Waals surface area contributed by atoms with Crippen LogP contribution in [0.25, 0.3) is 0 Å². The van der Waals surface area contributed by atoms with Crippen molar-refractivity contribution in [2.45, 2.75) is 29.9 Å². The lowest BCUT2D eigenvalue weighted by Gasteiger charge is -2.25. The van der Waals surface area contributed by atoms with Gasteiger partial charge >= 0.3 is 12.1 Å². The fourth-order valence-electron chi connectivity index (χ4n) is 2.93. The number of carbonyl (C=O) groups is 1. The van der Waals surface area contributed by atoms with Gasteiger partial charge in [-0.05, 0) is 30.6 Å². The first-order valence-corrected chi connectivity index (χ1v) is 9.04. The zero-order valence-corrected chi connectivity index (χ0v) is 13.6. The highest BCUT2D eigenvalue weighted by Gasteiger charge is 2.48. The maximum Gasteiger partial charge on any atom is 0.426 e. The second-order valence-electron chi connectivity index (χ2n) is 5.56. The van der Waals surface area contributed by atoms with Crippen LogP contribution in [0.4, 0.5) is 13.2 Å². The van der Waals surface area contributed by atoms with Crippen LogP contribution >= 0.6 is 15.9 Å². The third-order valence-electron chi connectivity index (χ3n) is 3.92. The summed E-state index contributed by atoms with van der Waals surface area (Å²) in [6, 6.07) is 0. The minimum absolute atomic E-state index is 0.104. The monoisotopic (exact) mass is 406 g/mol. The molecule has 0 spiro atoms. The van der Waals surface area contributed by atoms with Crippen LogP contribution in [0.3, 0.4) is 0 Å². The number of allylic oxidation sites excluding steroid dienone is 2. The van der Waals surface area contributed by atoms with Crippen molar-refractivity contribution in [1.29, 1.82) is 0 Å². The first kappa shape index (κ1) is 17.7. The molecule has 0 amide bonds. The van der Waals surface area contributed by atoms with E-state index >= 15 is 0 Å². The quantitative estimate of drug-likeness (QED) is 0.328. The second-order valence-corrected chi connectivity index (χ2v) is 8.05. The summed E-state index contributed by atoms with van der Waals surface area (Å²) >= 11 is 3.06. The Hall–Kier alpha value is -0.610. The molecule has 1 saturated carbocycles. The van der Waals surface area contributed by atoms with E-state index in [9.17, 15) is 26.4 Å². The van der Waals surface area contributed by atoms with Gasteiger partial charge in [0.2, 0.25) is 6.10 Å². The fraction of sp³-hybridized carbons (Fsp3) is 0.750. The topological polar surface area (TPSA) is 80.7 Å². The van der Waals surface area contributed by atoms with Gasteiger partial charge in [0.15, 0.2) is 0 Å². The Labute approximate surface area is 133 Å². The summed E-state index contributed by atoms with van der Waals surface area (Å²) in [4.78, 5) is 10.9. The molecule has 5 unspecified atom stereocenters. The van der Waals surface area contributed by atoms with Crippen LogP contribution in [0.5, 0.6) is 0 Å². The van der Waals surface area contributed by atoms with E-state index < -0.39 is 38.9 Å². The summed E-state index contributed by atoms with van der Waals surface area (Å²) in [6.07, 6.45) is -2.49. The van der Waals surface area contributed by atoms with E-state index in [0.29, 0.717) is 12.3 Å². The van der Waals surface area contributed by atoms with E-state index in [1.165, 1.54) is 0 Å². The third kappa shape index (κ3) is 4.23. The Bertz CT molecular complexity index is 574. The molecule has 2 aliphatic rings. The molecule has 1 fully saturated rings. The molecule has 0 aliphatic heterocycles. The Morgan fingerprint density at radius 3 is 2.41 bits per heavy atom. The molecule has 0 aromatic heterocycles. The number of hydrogen-bond donors (Lipinski definition) is 1. The molecule has 22 heavy (non-hydrogen) atoms. The number of rotatable bonds is 5. The van der Waals surface area contributed by atoms with E-state index in [-0.39, 0.29) is 11.8 Å². The summed E-state index contributed by atoms with van der Waals surface area (Å²) in [6.45, 7) is 0. The molecule has 0 aromatic carbocycles. The van der Waals surface area contributed by atoms with Gasteiger partial charge in [-0.15, -0.1) is 0 Å². The Kier molecular flexibility index (Phi) is 4.94. The van der Waals surface area contributed by atoms with E-state index in [1.807, 2.05) is 12.2 Å². The molecule has 10 heteroatoms. The van der Waals surface area contributed by atoms with Crippen molar-refractivity contribution in [3.63, 3.8) is 0 Å². The van der Waals surface area contributed by atoms with Crippen molar-refractivity contribution < 1.29 is 35.7 Å². The zero-order chi connectivity index (χ0) is 16.7. The third-order valence-corrected chi connectivity index (χ3v) is 5.69. The second kappa shape index (κ2) is 6.12. The molecule has 1 N–H and O–H groups in total. The van der Waals surface area contributed by atoms with E-state index in [1.54, 1.807) is 0 Å². The number of alkyl halides is 4. The molecule has 2 bridgehead atoms. The molecule has 5 atom stereocenters. The first-order chi connectivity index (χ1) is 9.97. The zero-order valence-electron chi connectivity index (χ0n) is 11.2. The van der Waals surface area contributed by atoms with E-state index in [0.717, 1.165) is 6.42 Å². The van der Waals surface area contributed by atoms with Gasteiger partial charge in [0, 0.05) is 0 Å². The van der Waals surface area contributed by atoms with Crippen LogP contribution in [0.2, 0.25) is 0 Å². The van der Waals surface area contributed by atoms with Gasteiger partial charge in [0.25, 0.3) is 10.1 Å². The van der Waals surface area contributed by atoms with Crippen LogP contribution in [0, 0.1) is 17.8 Å². The Morgan fingerprint density at radius 1 is 1.36 bits per heavy atom. The maximum atomic E-state index is 12.7. The van der Waals surface area contributed by atoms with Crippen LogP contribution < -0.4 is 0 Å². The van der Waals surface area contributed by atoms with Crippen molar-refractivity contribution in [1.82, 2.24) is 0 Å². The summed E-state index contributed by atoms with van der Waals surface area (Å²) in [7, 11) is -4.93. The number of hydrogen-bond acceptors (Lipinski definition) is 4. The summed E-state index contributed by atoms with van der Waals surface area (Å²) in [5.41, 5.74) is 0. The molecule has 5 nitrogen and oxygen atoms in total. The molecule has 0 heterocycles. The van der Waals surface area contributed by atoms with Gasteiger partial charge in [0.1, 0.15) is 10.6 Å². The van der Waals surface area contributed by atoms with Crippen molar-refractivity contribution in [2.75, 3.05) is 5.75 Å². The minimum Gasteiger partial charge on any atom is -0.451 e. The Balaban J connectivity index is 2.03. The lowest BCUT2D eigenvalue weighted by atomic mass is 9.90. The van der Waals surface area contributed by atoms with Crippen LogP contribution in [-0.2, 0) is 19.6 Å². The largest absolute Gasteiger partial charge is 0.451 e. The highest BCUT2D eigenvalue weighted by atomic mass is 79.9. The highest BCUT2D eigenvalue weighted by Crippen LogP contribution is 2.47. The number of esters is 1. The van der Waals surface area contributed by atoms with Gasteiger partial charge in [-0.3, -0.25) is 9.35 Å². The van der Waals surface area contributed by atoms with Gasteiger partial charge in [-0.25, -0.2) is 0 Å². The molecule has 0 saturated heterocycles. The van der Waals surface area contributed by atoms with E-state index in [4.69, 9.17) is 4.55 Å².